The molecular formula is C42H40N2O7. The van der Waals surface area contributed by atoms with E-state index in [-0.39, 0.29) is 37.6 Å². The molecule has 0 aliphatic heterocycles. The summed E-state index contributed by atoms with van der Waals surface area (Å²) in [6.07, 6.45) is -0.453. The van der Waals surface area contributed by atoms with E-state index in [4.69, 9.17) is 34.2 Å². The minimum atomic E-state index is -0.591. The average molecular weight is 685 g/mol. The van der Waals surface area contributed by atoms with Gasteiger partial charge < -0.3 is 23.7 Å². The Morgan fingerprint density at radius 2 is 0.882 bits per heavy atom. The fraction of sp³-hybridized carbons (Fsp3) is 0.238. The van der Waals surface area contributed by atoms with E-state index in [0.29, 0.717) is 35.5 Å². The predicted octanol–water partition coefficient (Wildman–Crippen LogP) is 7.99. The minimum absolute atomic E-state index is 0.0602. The Morgan fingerprint density at radius 3 is 1.18 bits per heavy atom. The lowest BCUT2D eigenvalue weighted by Crippen LogP contribution is -2.33. The number of rotatable bonds is 18. The summed E-state index contributed by atoms with van der Waals surface area (Å²) in [6, 6.07) is 34.1. The van der Waals surface area contributed by atoms with E-state index in [0.717, 1.165) is 22.3 Å². The molecule has 9 nitrogen and oxygen atoms in total. The van der Waals surface area contributed by atoms with Gasteiger partial charge in [0.05, 0.1) is 48.7 Å². The van der Waals surface area contributed by atoms with Crippen molar-refractivity contribution < 1.29 is 33.3 Å². The number of esters is 2. The maximum absolute atomic E-state index is 12.2. The van der Waals surface area contributed by atoms with E-state index in [2.05, 4.69) is 25.3 Å². The summed E-state index contributed by atoms with van der Waals surface area (Å²) in [4.78, 5) is 24.5. The van der Waals surface area contributed by atoms with Gasteiger partial charge in [0.2, 0.25) is 0 Å². The second-order valence-corrected chi connectivity index (χ2v) is 11.8. The number of nitrogens with zero attached hydrogens (tertiary/aromatic N) is 2. The zero-order valence-corrected chi connectivity index (χ0v) is 28.8. The number of benzene rings is 4. The molecular weight excluding hydrogens is 644 g/mol. The van der Waals surface area contributed by atoms with Crippen LogP contribution in [0.5, 0.6) is 11.5 Å². The van der Waals surface area contributed by atoms with Crippen LogP contribution >= 0.6 is 0 Å². The van der Waals surface area contributed by atoms with Crippen LogP contribution in [0, 0.1) is 22.7 Å². The zero-order valence-electron chi connectivity index (χ0n) is 28.8. The van der Waals surface area contributed by atoms with Crippen LogP contribution < -0.4 is 9.47 Å². The molecule has 0 aliphatic carbocycles. The quantitative estimate of drug-likeness (QED) is 0.0757. The maximum Gasteiger partial charge on any atom is 0.333 e. The molecule has 0 saturated heterocycles. The lowest BCUT2D eigenvalue weighted by molar-refractivity contribution is -0.152. The molecule has 0 aliphatic rings. The molecule has 0 saturated carbocycles. The molecule has 0 radical (unpaired) electrons. The van der Waals surface area contributed by atoms with E-state index in [9.17, 15) is 9.59 Å². The maximum atomic E-state index is 12.2. The van der Waals surface area contributed by atoms with Gasteiger partial charge in [-0.2, -0.15) is 10.5 Å². The molecule has 4 aromatic carbocycles. The Hall–Kier alpha value is -6.16. The second kappa shape index (κ2) is 19.1. The molecule has 0 aromatic heterocycles. The van der Waals surface area contributed by atoms with Crippen molar-refractivity contribution in [3.8, 4) is 45.9 Å². The van der Waals surface area contributed by atoms with E-state index < -0.39 is 24.1 Å². The number of hydrogen-bond donors (Lipinski definition) is 0. The van der Waals surface area contributed by atoms with Crippen LogP contribution in [0.2, 0.25) is 0 Å². The van der Waals surface area contributed by atoms with Gasteiger partial charge >= 0.3 is 11.9 Å². The first-order valence-electron chi connectivity index (χ1n) is 16.4. The Kier molecular flexibility index (Phi) is 14.1. The summed E-state index contributed by atoms with van der Waals surface area (Å²) in [7, 11) is 0. The average Bonchev–Trinajstić information content (AvgIpc) is 3.16. The third-order valence-electron chi connectivity index (χ3n) is 7.70. The van der Waals surface area contributed by atoms with E-state index in [1.54, 1.807) is 38.1 Å². The molecule has 51 heavy (non-hydrogen) atoms. The summed E-state index contributed by atoms with van der Waals surface area (Å²) in [5.74, 6) is 0.216. The normalized spacial score (nSPS) is 11.6. The number of carbonyl (C=O) groups is 2. The van der Waals surface area contributed by atoms with Crippen LogP contribution in [0.25, 0.3) is 22.3 Å². The van der Waals surface area contributed by atoms with Crippen molar-refractivity contribution in [1.82, 2.24) is 0 Å². The fourth-order valence-electron chi connectivity index (χ4n) is 4.82. The van der Waals surface area contributed by atoms with E-state index in [1.165, 1.54) is 0 Å². The van der Waals surface area contributed by atoms with Crippen molar-refractivity contribution in [3.05, 3.63) is 132 Å². The predicted molar refractivity (Wildman–Crippen MR) is 194 cm³/mol. The third kappa shape index (κ3) is 12.0. The van der Waals surface area contributed by atoms with Crippen LogP contribution in [0.1, 0.15) is 37.8 Å². The molecule has 4 aromatic rings. The molecule has 0 spiro atoms. The smallest absolute Gasteiger partial charge is 0.333 e. The van der Waals surface area contributed by atoms with Gasteiger partial charge in [-0.3, -0.25) is 0 Å². The monoisotopic (exact) mass is 684 g/mol. The highest BCUT2D eigenvalue weighted by Gasteiger charge is 2.22. The SMILES string of the molecule is C=C(C)C(=O)OCC(CCOc1ccc(-c2ccc(C#N)cc2)cc1)OC(CCOc1ccc(-c2ccc(C#N)cc2)cc1)COC(=O)C(=C)C. The van der Waals surface area contributed by atoms with Crippen molar-refractivity contribution in [1.29, 1.82) is 10.5 Å². The highest BCUT2D eigenvalue weighted by Crippen LogP contribution is 2.25. The molecule has 0 amide bonds. The number of nitriles is 2. The topological polar surface area (TPSA) is 128 Å². The minimum Gasteiger partial charge on any atom is -0.493 e. The molecule has 260 valence electrons. The van der Waals surface area contributed by atoms with Crippen LogP contribution in [0.15, 0.2) is 121 Å². The summed E-state index contributed by atoms with van der Waals surface area (Å²) < 4.78 is 29.2. The third-order valence-corrected chi connectivity index (χ3v) is 7.70. The van der Waals surface area contributed by atoms with Crippen molar-refractivity contribution in [2.75, 3.05) is 26.4 Å². The lowest BCUT2D eigenvalue weighted by Gasteiger charge is -2.25. The standard InChI is InChI=1S/C42H40N2O7/c1-29(2)41(45)49-27-39(21-23-47-37-17-13-35(14-18-37)33-9-5-31(25-43)6-10-33)51-40(28-50-42(46)30(3)4)22-24-48-38-19-15-36(16-20-38)34-11-7-32(26-44)8-12-34/h5-20,39-40H,1,3,21-24,27-28H2,2,4H3. The van der Waals surface area contributed by atoms with Gasteiger partial charge in [-0.15, -0.1) is 0 Å². The highest BCUT2D eigenvalue weighted by atomic mass is 16.6. The molecule has 4 rings (SSSR count). The zero-order chi connectivity index (χ0) is 36.6. The first-order valence-corrected chi connectivity index (χ1v) is 16.4. The van der Waals surface area contributed by atoms with Crippen LogP contribution in [-0.2, 0) is 23.8 Å². The Morgan fingerprint density at radius 1 is 0.569 bits per heavy atom. The lowest BCUT2D eigenvalue weighted by atomic mass is 10.0. The fourth-order valence-corrected chi connectivity index (χ4v) is 4.82. The van der Waals surface area contributed by atoms with Gasteiger partial charge in [-0.1, -0.05) is 61.7 Å². The van der Waals surface area contributed by atoms with Gasteiger partial charge in [0.1, 0.15) is 24.7 Å². The van der Waals surface area contributed by atoms with Crippen molar-refractivity contribution in [2.45, 2.75) is 38.9 Å². The number of carbonyl (C=O) groups excluding carboxylic acids is 2. The van der Waals surface area contributed by atoms with Crippen molar-refractivity contribution in [2.24, 2.45) is 0 Å². The largest absolute Gasteiger partial charge is 0.493 e. The number of hydrogen-bond acceptors (Lipinski definition) is 9. The Bertz CT molecular complexity index is 1730. The summed E-state index contributed by atoms with van der Waals surface area (Å²) in [6.45, 7) is 10.8. The highest BCUT2D eigenvalue weighted by molar-refractivity contribution is 5.87. The van der Waals surface area contributed by atoms with Gasteiger partial charge in [0.15, 0.2) is 0 Å². The second-order valence-electron chi connectivity index (χ2n) is 11.8. The molecule has 9 heteroatoms. The van der Waals surface area contributed by atoms with Crippen LogP contribution in [-0.4, -0.2) is 50.6 Å². The van der Waals surface area contributed by atoms with E-state index >= 15 is 0 Å². The van der Waals surface area contributed by atoms with Gasteiger partial charge in [-0.25, -0.2) is 9.59 Å². The van der Waals surface area contributed by atoms with Gasteiger partial charge in [0, 0.05) is 24.0 Å². The first kappa shape index (κ1) is 37.7. The number of ether oxygens (including phenoxy) is 5. The first-order chi connectivity index (χ1) is 24.6. The van der Waals surface area contributed by atoms with Crippen LogP contribution in [0.3, 0.4) is 0 Å². The van der Waals surface area contributed by atoms with E-state index in [1.807, 2.05) is 72.8 Å². The Labute approximate surface area is 298 Å². The van der Waals surface area contributed by atoms with Crippen molar-refractivity contribution in [3.63, 3.8) is 0 Å². The summed E-state index contributed by atoms with van der Waals surface area (Å²) in [5.41, 5.74) is 5.65. The van der Waals surface area contributed by atoms with Gasteiger partial charge in [-0.05, 0) is 84.6 Å². The van der Waals surface area contributed by atoms with Crippen molar-refractivity contribution >= 4 is 11.9 Å². The Balaban J connectivity index is 1.37. The van der Waals surface area contributed by atoms with Crippen LogP contribution in [0.4, 0.5) is 0 Å². The summed E-state index contributed by atoms with van der Waals surface area (Å²) >= 11 is 0. The molecule has 2 unspecified atom stereocenters. The molecule has 2 atom stereocenters. The molecule has 0 heterocycles. The van der Waals surface area contributed by atoms with Gasteiger partial charge in [0.25, 0.3) is 0 Å². The molecule has 0 N–H and O–H groups in total. The molecule has 0 fully saturated rings. The molecule has 0 bridgehead atoms. The summed E-state index contributed by atoms with van der Waals surface area (Å²) in [5, 5.41) is 18.1.